The number of carbonyl (C=O) groups is 1. The molecule has 0 aromatic carbocycles. The van der Waals surface area contributed by atoms with Crippen LogP contribution in [0.3, 0.4) is 0 Å². The van der Waals surface area contributed by atoms with Crippen molar-refractivity contribution in [3.63, 3.8) is 0 Å². The molecule has 3 fully saturated rings. The smallest absolute Gasteiger partial charge is 0.247 e. The number of rotatable bonds is 4. The van der Waals surface area contributed by atoms with Crippen molar-refractivity contribution in [2.75, 3.05) is 6.61 Å². The zero-order chi connectivity index (χ0) is 13.1. The maximum absolute atomic E-state index is 12.0. The van der Waals surface area contributed by atoms with Crippen molar-refractivity contribution in [1.82, 2.24) is 5.48 Å². The molecule has 3 aliphatic rings. The van der Waals surface area contributed by atoms with Gasteiger partial charge in [0.15, 0.2) is 6.29 Å². The highest BCUT2D eigenvalue weighted by molar-refractivity contribution is 5.80. The van der Waals surface area contributed by atoms with Crippen molar-refractivity contribution in [1.29, 1.82) is 0 Å². The molecule has 2 aliphatic carbocycles. The molecule has 1 aliphatic heterocycles. The molecule has 0 aromatic rings. The minimum absolute atomic E-state index is 0.0738. The Kier molecular flexibility index (Phi) is 4.38. The molecule has 1 N–H and O–H groups in total. The summed E-state index contributed by atoms with van der Waals surface area (Å²) in [6.07, 6.45) is 10.6. The highest BCUT2D eigenvalue weighted by atomic mass is 16.8. The SMILES string of the molecule is O=C(NO[C@@H]1CCCCO1)[C@H]1C[C@H]1C1CCCCC1. The highest BCUT2D eigenvalue weighted by Crippen LogP contribution is 2.49. The third-order valence-electron chi connectivity index (χ3n) is 4.86. The van der Waals surface area contributed by atoms with E-state index in [0.29, 0.717) is 5.92 Å². The van der Waals surface area contributed by atoms with Crippen molar-refractivity contribution in [3.05, 3.63) is 0 Å². The molecule has 0 radical (unpaired) electrons. The lowest BCUT2D eigenvalue weighted by Crippen LogP contribution is -2.34. The second-order valence-corrected chi connectivity index (χ2v) is 6.28. The second kappa shape index (κ2) is 6.23. The van der Waals surface area contributed by atoms with Crippen LogP contribution in [-0.4, -0.2) is 18.8 Å². The van der Waals surface area contributed by atoms with Crippen LogP contribution in [0.5, 0.6) is 0 Å². The monoisotopic (exact) mass is 267 g/mol. The summed E-state index contributed by atoms with van der Waals surface area (Å²) < 4.78 is 5.43. The van der Waals surface area contributed by atoms with Gasteiger partial charge < -0.3 is 4.74 Å². The van der Waals surface area contributed by atoms with Crippen LogP contribution in [0, 0.1) is 17.8 Å². The quantitative estimate of drug-likeness (QED) is 0.797. The summed E-state index contributed by atoms with van der Waals surface area (Å²) >= 11 is 0. The lowest BCUT2D eigenvalue weighted by Gasteiger charge is -2.23. The van der Waals surface area contributed by atoms with Crippen LogP contribution in [0.1, 0.15) is 57.8 Å². The summed E-state index contributed by atoms with van der Waals surface area (Å²) in [5.41, 5.74) is 2.62. The Morgan fingerprint density at radius 3 is 2.58 bits per heavy atom. The molecule has 3 atom stereocenters. The summed E-state index contributed by atoms with van der Waals surface area (Å²) in [6.45, 7) is 0.745. The molecule has 1 amide bonds. The Morgan fingerprint density at radius 1 is 1.05 bits per heavy atom. The molecule has 0 bridgehead atoms. The lowest BCUT2D eigenvalue weighted by atomic mass is 9.85. The fourth-order valence-corrected chi connectivity index (χ4v) is 3.60. The first-order chi connectivity index (χ1) is 9.34. The molecule has 4 nitrogen and oxygen atoms in total. The fraction of sp³-hybridized carbons (Fsp3) is 0.933. The molecule has 0 unspecified atom stereocenters. The summed E-state index contributed by atoms with van der Waals surface area (Å²) in [6, 6.07) is 0. The number of nitrogens with one attached hydrogen (secondary N) is 1. The second-order valence-electron chi connectivity index (χ2n) is 6.28. The standard InChI is InChI=1S/C15H25NO3/c17-15(16-19-14-8-4-5-9-18-14)13-10-12(13)11-6-2-1-3-7-11/h11-14H,1-10H2,(H,16,17)/t12-,13-,14+/m0/s1. The van der Waals surface area contributed by atoms with E-state index in [9.17, 15) is 4.79 Å². The Bertz CT molecular complexity index is 309. The van der Waals surface area contributed by atoms with Gasteiger partial charge in [0.05, 0.1) is 0 Å². The van der Waals surface area contributed by atoms with Gasteiger partial charge in [-0.05, 0) is 31.1 Å². The highest BCUT2D eigenvalue weighted by Gasteiger charge is 2.47. The molecule has 2 saturated carbocycles. The molecule has 3 rings (SSSR count). The molecular weight excluding hydrogens is 242 g/mol. The van der Waals surface area contributed by atoms with Crippen LogP contribution in [-0.2, 0) is 14.4 Å². The third-order valence-corrected chi connectivity index (χ3v) is 4.86. The third kappa shape index (κ3) is 3.48. The Hall–Kier alpha value is -0.610. The molecule has 1 heterocycles. The van der Waals surface area contributed by atoms with Gasteiger partial charge in [-0.1, -0.05) is 32.1 Å². The van der Waals surface area contributed by atoms with Crippen LogP contribution in [0.4, 0.5) is 0 Å². The molecular formula is C15H25NO3. The van der Waals surface area contributed by atoms with E-state index >= 15 is 0 Å². The zero-order valence-corrected chi connectivity index (χ0v) is 11.6. The van der Waals surface area contributed by atoms with Gasteiger partial charge >= 0.3 is 0 Å². The summed E-state index contributed by atoms with van der Waals surface area (Å²) in [4.78, 5) is 17.4. The Labute approximate surface area is 115 Å². The van der Waals surface area contributed by atoms with E-state index in [1.807, 2.05) is 0 Å². The van der Waals surface area contributed by atoms with Crippen molar-refractivity contribution >= 4 is 5.91 Å². The van der Waals surface area contributed by atoms with Crippen LogP contribution < -0.4 is 5.48 Å². The van der Waals surface area contributed by atoms with Crippen LogP contribution in [0.15, 0.2) is 0 Å². The van der Waals surface area contributed by atoms with Crippen LogP contribution in [0.25, 0.3) is 0 Å². The van der Waals surface area contributed by atoms with Gasteiger partial charge in [-0.3, -0.25) is 4.79 Å². The van der Waals surface area contributed by atoms with E-state index in [4.69, 9.17) is 9.57 Å². The number of hydrogen-bond acceptors (Lipinski definition) is 3. The van der Waals surface area contributed by atoms with Crippen LogP contribution >= 0.6 is 0 Å². The van der Waals surface area contributed by atoms with Gasteiger partial charge in [0.1, 0.15) is 0 Å². The van der Waals surface area contributed by atoms with Crippen LogP contribution in [0.2, 0.25) is 0 Å². The number of amides is 1. The topological polar surface area (TPSA) is 47.6 Å². The number of carbonyl (C=O) groups excluding carboxylic acids is 1. The van der Waals surface area contributed by atoms with Crippen molar-refractivity contribution in [2.24, 2.45) is 17.8 Å². The first kappa shape index (κ1) is 13.4. The largest absolute Gasteiger partial charge is 0.350 e. The van der Waals surface area contributed by atoms with E-state index in [2.05, 4.69) is 5.48 Å². The van der Waals surface area contributed by atoms with Crippen molar-refractivity contribution in [3.8, 4) is 0 Å². The fourth-order valence-electron chi connectivity index (χ4n) is 3.60. The Balaban J connectivity index is 1.37. The number of hydrogen-bond donors (Lipinski definition) is 1. The van der Waals surface area contributed by atoms with Gasteiger partial charge in [0.2, 0.25) is 5.91 Å². The summed E-state index contributed by atoms with van der Waals surface area (Å²) in [5.74, 6) is 1.68. The average Bonchev–Trinajstić information content (AvgIpc) is 3.27. The Morgan fingerprint density at radius 2 is 1.84 bits per heavy atom. The normalized spacial score (nSPS) is 35.9. The van der Waals surface area contributed by atoms with E-state index < -0.39 is 0 Å². The minimum atomic E-state index is -0.232. The molecule has 0 aromatic heterocycles. The van der Waals surface area contributed by atoms with Gasteiger partial charge in [-0.15, -0.1) is 0 Å². The van der Waals surface area contributed by atoms with E-state index in [0.717, 1.165) is 38.2 Å². The van der Waals surface area contributed by atoms with E-state index in [-0.39, 0.29) is 18.1 Å². The zero-order valence-electron chi connectivity index (χ0n) is 11.6. The van der Waals surface area contributed by atoms with Gasteiger partial charge in [-0.2, -0.15) is 0 Å². The maximum atomic E-state index is 12.0. The maximum Gasteiger partial charge on any atom is 0.247 e. The predicted molar refractivity (Wildman–Crippen MR) is 71.0 cm³/mol. The minimum Gasteiger partial charge on any atom is -0.350 e. The molecule has 1 saturated heterocycles. The lowest BCUT2D eigenvalue weighted by molar-refractivity contribution is -0.201. The number of ether oxygens (including phenoxy) is 1. The van der Waals surface area contributed by atoms with Crippen molar-refractivity contribution < 1.29 is 14.4 Å². The molecule has 4 heteroatoms. The summed E-state index contributed by atoms with van der Waals surface area (Å²) in [7, 11) is 0. The first-order valence-corrected chi connectivity index (χ1v) is 7.91. The van der Waals surface area contributed by atoms with Gasteiger partial charge in [0.25, 0.3) is 0 Å². The first-order valence-electron chi connectivity index (χ1n) is 7.91. The molecule has 0 spiro atoms. The summed E-state index contributed by atoms with van der Waals surface area (Å²) in [5, 5.41) is 0. The average molecular weight is 267 g/mol. The number of hydroxylamine groups is 1. The molecule has 19 heavy (non-hydrogen) atoms. The molecule has 108 valence electrons. The van der Waals surface area contributed by atoms with Gasteiger partial charge in [-0.25, -0.2) is 10.3 Å². The van der Waals surface area contributed by atoms with Gasteiger partial charge in [0, 0.05) is 18.9 Å². The van der Waals surface area contributed by atoms with E-state index in [1.165, 1.54) is 32.1 Å². The predicted octanol–water partition coefficient (Wildman–Crippen LogP) is 2.78. The van der Waals surface area contributed by atoms with Crippen molar-refractivity contribution in [2.45, 2.75) is 64.1 Å². The van der Waals surface area contributed by atoms with E-state index in [1.54, 1.807) is 0 Å².